The molecular formula is C32H45N3O4. The minimum Gasteiger partial charge on any atom is -0.508 e. The fourth-order valence-electron chi connectivity index (χ4n) is 6.26. The van der Waals surface area contributed by atoms with Crippen LogP contribution in [0, 0.1) is 18.8 Å². The lowest BCUT2D eigenvalue weighted by Gasteiger charge is -2.47. The van der Waals surface area contributed by atoms with Crippen molar-refractivity contribution in [1.29, 1.82) is 0 Å². The number of rotatable bonds is 8. The van der Waals surface area contributed by atoms with Crippen LogP contribution in [0.4, 0.5) is 0 Å². The van der Waals surface area contributed by atoms with Gasteiger partial charge in [0.05, 0.1) is 18.2 Å². The van der Waals surface area contributed by atoms with Crippen LogP contribution in [0.25, 0.3) is 0 Å². The Morgan fingerprint density at radius 1 is 1.03 bits per heavy atom. The van der Waals surface area contributed by atoms with Crippen molar-refractivity contribution in [2.75, 3.05) is 13.1 Å². The molecule has 5 atom stereocenters. The molecule has 1 heterocycles. The molecule has 7 heteroatoms. The Morgan fingerprint density at radius 2 is 1.72 bits per heavy atom. The van der Waals surface area contributed by atoms with Crippen molar-refractivity contribution in [3.05, 3.63) is 65.2 Å². The minimum atomic E-state index is -0.892. The topological polar surface area (TPSA) is 102 Å². The molecule has 2 aromatic rings. The quantitative estimate of drug-likeness (QED) is 0.406. The standard InChI is InChI=1S/C32H45N3O4/c1-21-25(15-10-16-28(21)36)30(38)33-26(17-22-11-6-5-7-12-22)29(37)20-35-19-24-14-9-8-13-23(24)18-27(35)31(39)34-32(2,3)4/h5-7,10-12,15-16,23-24,26-27,29,36-37H,8-9,13-14,17-20H2,1-4H3,(H,33,38)(H,34,39)/t23-,24+,26-,27?,29+/m0/s1. The van der Waals surface area contributed by atoms with Crippen LogP contribution in [0.15, 0.2) is 48.5 Å². The average molecular weight is 536 g/mol. The Kier molecular flexibility index (Phi) is 9.34. The molecule has 7 nitrogen and oxygen atoms in total. The molecule has 1 aliphatic heterocycles. The lowest BCUT2D eigenvalue weighted by molar-refractivity contribution is -0.132. The van der Waals surface area contributed by atoms with Crippen molar-refractivity contribution in [1.82, 2.24) is 15.5 Å². The summed E-state index contributed by atoms with van der Waals surface area (Å²) in [7, 11) is 0. The Balaban J connectivity index is 1.56. The van der Waals surface area contributed by atoms with Gasteiger partial charge in [0.25, 0.3) is 5.91 Å². The van der Waals surface area contributed by atoms with E-state index in [1.165, 1.54) is 12.8 Å². The maximum atomic E-state index is 13.4. The van der Waals surface area contributed by atoms with E-state index in [4.69, 9.17) is 0 Å². The highest BCUT2D eigenvalue weighted by molar-refractivity contribution is 5.96. The number of carbonyl (C=O) groups excluding carboxylic acids is 2. The van der Waals surface area contributed by atoms with Crippen LogP contribution in [-0.2, 0) is 11.2 Å². The monoisotopic (exact) mass is 535 g/mol. The summed E-state index contributed by atoms with van der Waals surface area (Å²) in [6.45, 7) is 8.75. The zero-order valence-electron chi connectivity index (χ0n) is 23.8. The van der Waals surface area contributed by atoms with E-state index in [2.05, 4.69) is 15.5 Å². The molecule has 0 radical (unpaired) electrons. The molecule has 1 saturated heterocycles. The molecule has 4 N–H and O–H groups in total. The van der Waals surface area contributed by atoms with Crippen molar-refractivity contribution in [2.45, 2.75) is 89.9 Å². The van der Waals surface area contributed by atoms with Crippen LogP contribution < -0.4 is 10.6 Å². The van der Waals surface area contributed by atoms with Crippen molar-refractivity contribution in [2.24, 2.45) is 11.8 Å². The van der Waals surface area contributed by atoms with Gasteiger partial charge in [-0.15, -0.1) is 0 Å². The summed E-state index contributed by atoms with van der Waals surface area (Å²) in [4.78, 5) is 28.9. The normalized spacial score (nSPS) is 23.4. The molecule has 1 aliphatic carbocycles. The van der Waals surface area contributed by atoms with Gasteiger partial charge in [-0.3, -0.25) is 14.5 Å². The van der Waals surface area contributed by atoms with Crippen LogP contribution >= 0.6 is 0 Å². The number of aliphatic hydroxyl groups excluding tert-OH is 1. The molecule has 0 bridgehead atoms. The average Bonchev–Trinajstić information content (AvgIpc) is 2.89. The molecule has 2 aliphatic rings. The van der Waals surface area contributed by atoms with Gasteiger partial charge in [-0.1, -0.05) is 55.7 Å². The van der Waals surface area contributed by atoms with Crippen molar-refractivity contribution < 1.29 is 19.8 Å². The first-order chi connectivity index (χ1) is 18.5. The van der Waals surface area contributed by atoms with E-state index >= 15 is 0 Å². The Labute approximate surface area is 233 Å². The number of β-amino-alcohol motifs (C(OH)–C–C–N with tert-alkyl or cyclic N) is 1. The van der Waals surface area contributed by atoms with Crippen LogP contribution in [0.3, 0.4) is 0 Å². The highest BCUT2D eigenvalue weighted by Crippen LogP contribution is 2.39. The molecule has 39 heavy (non-hydrogen) atoms. The summed E-state index contributed by atoms with van der Waals surface area (Å²) in [6.07, 6.45) is 5.12. The third-order valence-electron chi connectivity index (χ3n) is 8.35. The summed E-state index contributed by atoms with van der Waals surface area (Å²) in [5.41, 5.74) is 1.54. The first-order valence-electron chi connectivity index (χ1n) is 14.4. The molecular weight excluding hydrogens is 490 g/mol. The SMILES string of the molecule is Cc1c(O)cccc1C(=O)N[C@@H](Cc1ccccc1)[C@H](O)CN1C[C@H]2CCCC[C@H]2CC1C(=O)NC(C)(C)C. The third kappa shape index (κ3) is 7.61. The predicted octanol–water partition coefficient (Wildman–Crippen LogP) is 4.20. The van der Waals surface area contributed by atoms with Gasteiger partial charge in [-0.05, 0) is 76.5 Å². The second kappa shape index (κ2) is 12.5. The van der Waals surface area contributed by atoms with E-state index < -0.39 is 12.1 Å². The summed E-state index contributed by atoms with van der Waals surface area (Å²) >= 11 is 0. The zero-order chi connectivity index (χ0) is 28.2. The van der Waals surface area contributed by atoms with E-state index in [0.29, 0.717) is 35.9 Å². The fraction of sp³-hybridized carbons (Fsp3) is 0.562. The van der Waals surface area contributed by atoms with Gasteiger partial charge in [-0.2, -0.15) is 0 Å². The number of phenols is 1. The van der Waals surface area contributed by atoms with Crippen LogP contribution in [0.5, 0.6) is 5.75 Å². The minimum absolute atomic E-state index is 0.0118. The van der Waals surface area contributed by atoms with Crippen molar-refractivity contribution in [3.8, 4) is 5.75 Å². The highest BCUT2D eigenvalue weighted by atomic mass is 16.3. The summed E-state index contributed by atoms with van der Waals surface area (Å²) in [6, 6.07) is 13.8. The zero-order valence-corrected chi connectivity index (χ0v) is 23.8. The number of aromatic hydroxyl groups is 1. The maximum absolute atomic E-state index is 13.4. The van der Waals surface area contributed by atoms with Gasteiger partial charge in [0.15, 0.2) is 0 Å². The van der Waals surface area contributed by atoms with Gasteiger partial charge in [-0.25, -0.2) is 0 Å². The number of piperidine rings is 1. The number of benzene rings is 2. The van der Waals surface area contributed by atoms with Crippen LogP contribution in [0.2, 0.25) is 0 Å². The van der Waals surface area contributed by atoms with Crippen molar-refractivity contribution >= 4 is 11.8 Å². The van der Waals surface area contributed by atoms with Crippen molar-refractivity contribution in [3.63, 3.8) is 0 Å². The first kappa shape index (κ1) is 29.1. The molecule has 2 fully saturated rings. The van der Waals surface area contributed by atoms with E-state index in [1.807, 2.05) is 51.1 Å². The number of fused-ring (bicyclic) bond motifs is 1. The fourth-order valence-corrected chi connectivity index (χ4v) is 6.26. The molecule has 2 aromatic carbocycles. The predicted molar refractivity (Wildman–Crippen MR) is 154 cm³/mol. The molecule has 0 aromatic heterocycles. The number of likely N-dealkylation sites (tertiary alicyclic amines) is 1. The van der Waals surface area contributed by atoms with E-state index in [9.17, 15) is 19.8 Å². The maximum Gasteiger partial charge on any atom is 0.252 e. The van der Waals surface area contributed by atoms with Gasteiger partial charge in [0.1, 0.15) is 5.75 Å². The second-order valence-corrected chi connectivity index (χ2v) is 12.5. The van der Waals surface area contributed by atoms with Gasteiger partial charge in [0, 0.05) is 29.8 Å². The second-order valence-electron chi connectivity index (χ2n) is 12.5. The van der Waals surface area contributed by atoms with E-state index in [0.717, 1.165) is 31.4 Å². The first-order valence-corrected chi connectivity index (χ1v) is 14.4. The smallest absolute Gasteiger partial charge is 0.252 e. The lowest BCUT2D eigenvalue weighted by atomic mass is 9.72. The van der Waals surface area contributed by atoms with Gasteiger partial charge < -0.3 is 20.8 Å². The number of aliphatic hydroxyl groups is 1. The molecule has 212 valence electrons. The molecule has 4 rings (SSSR count). The molecule has 0 spiro atoms. The molecule has 2 amide bonds. The lowest BCUT2D eigenvalue weighted by Crippen LogP contribution is -2.60. The highest BCUT2D eigenvalue weighted by Gasteiger charge is 2.41. The number of hydrogen-bond acceptors (Lipinski definition) is 5. The van der Waals surface area contributed by atoms with E-state index in [1.54, 1.807) is 25.1 Å². The Bertz CT molecular complexity index is 1130. The Morgan fingerprint density at radius 3 is 2.41 bits per heavy atom. The van der Waals surface area contributed by atoms with Crippen LogP contribution in [0.1, 0.15) is 74.4 Å². The summed E-state index contributed by atoms with van der Waals surface area (Å²) < 4.78 is 0. The van der Waals surface area contributed by atoms with Gasteiger partial charge in [0.2, 0.25) is 5.91 Å². The summed E-state index contributed by atoms with van der Waals surface area (Å²) in [5, 5.41) is 28.0. The van der Waals surface area contributed by atoms with Crippen LogP contribution in [-0.4, -0.2) is 63.7 Å². The molecule has 1 unspecified atom stereocenters. The number of nitrogens with zero attached hydrogens (tertiary/aromatic N) is 1. The number of nitrogens with one attached hydrogen (secondary N) is 2. The number of hydrogen-bond donors (Lipinski definition) is 4. The largest absolute Gasteiger partial charge is 0.508 e. The Hall–Kier alpha value is -2.90. The number of phenolic OH excluding ortho intramolecular Hbond substituents is 1. The summed E-state index contributed by atoms with van der Waals surface area (Å²) in [5.74, 6) is 0.804. The number of carbonyl (C=O) groups is 2. The van der Waals surface area contributed by atoms with Gasteiger partial charge >= 0.3 is 0 Å². The molecule has 1 saturated carbocycles. The van der Waals surface area contributed by atoms with E-state index in [-0.39, 0.29) is 29.1 Å². The third-order valence-corrected chi connectivity index (χ3v) is 8.35. The number of amides is 2.